The van der Waals surface area contributed by atoms with Crippen LogP contribution in [0.3, 0.4) is 0 Å². The third-order valence-electron chi connectivity index (χ3n) is 3.62. The smallest absolute Gasteiger partial charge is 0.0524 e. The van der Waals surface area contributed by atoms with Crippen molar-refractivity contribution in [1.29, 1.82) is 0 Å². The first-order chi connectivity index (χ1) is 9.13. The first-order valence-electron chi connectivity index (χ1n) is 7.97. The predicted octanol–water partition coefficient (Wildman–Crippen LogP) is 3.32. The van der Waals surface area contributed by atoms with E-state index in [1.165, 1.54) is 19.3 Å². The van der Waals surface area contributed by atoms with Gasteiger partial charge in [-0.05, 0) is 33.1 Å². The van der Waals surface area contributed by atoms with Crippen molar-refractivity contribution in [3.8, 4) is 0 Å². The van der Waals surface area contributed by atoms with E-state index in [2.05, 4.69) is 13.5 Å². The van der Waals surface area contributed by atoms with Gasteiger partial charge < -0.3 is 20.8 Å². The van der Waals surface area contributed by atoms with Gasteiger partial charge in [-0.3, -0.25) is 0 Å². The first-order valence-corrected chi connectivity index (χ1v) is 7.97. The fourth-order valence-electron chi connectivity index (χ4n) is 2.22. The molecule has 0 aliphatic heterocycles. The minimum atomic E-state index is -0.0771. The molecule has 4 nitrogen and oxygen atoms in total. The maximum Gasteiger partial charge on any atom is 0.0524 e. The summed E-state index contributed by atoms with van der Waals surface area (Å²) in [5.41, 5.74) is 1.04. The molecular formula is C17H40O4. The SMILES string of the molecule is C=C(C)C(CO)(CCCCC)CCCOCC.CC.O.O. The molecule has 0 bridgehead atoms. The van der Waals surface area contributed by atoms with Crippen LogP contribution in [0.1, 0.15) is 73.1 Å². The highest BCUT2D eigenvalue weighted by Gasteiger charge is 2.29. The van der Waals surface area contributed by atoms with E-state index in [0.717, 1.165) is 38.0 Å². The van der Waals surface area contributed by atoms with Gasteiger partial charge in [-0.15, -0.1) is 0 Å². The molecule has 1 unspecified atom stereocenters. The second kappa shape index (κ2) is 19.6. The minimum Gasteiger partial charge on any atom is -0.412 e. The van der Waals surface area contributed by atoms with Crippen molar-refractivity contribution in [3.63, 3.8) is 0 Å². The Morgan fingerprint density at radius 2 is 1.57 bits per heavy atom. The van der Waals surface area contributed by atoms with Crippen molar-refractivity contribution >= 4 is 0 Å². The average Bonchev–Trinajstić information content (AvgIpc) is 2.43. The number of hydrogen-bond donors (Lipinski definition) is 1. The lowest BCUT2D eigenvalue weighted by Gasteiger charge is -2.33. The van der Waals surface area contributed by atoms with Crippen molar-refractivity contribution in [2.45, 2.75) is 73.1 Å². The molecule has 0 spiro atoms. The summed E-state index contributed by atoms with van der Waals surface area (Å²) in [5.74, 6) is 0. The molecule has 4 heteroatoms. The van der Waals surface area contributed by atoms with E-state index < -0.39 is 0 Å². The van der Waals surface area contributed by atoms with E-state index >= 15 is 0 Å². The average molecular weight is 309 g/mol. The molecular weight excluding hydrogens is 268 g/mol. The van der Waals surface area contributed by atoms with Gasteiger partial charge in [-0.1, -0.05) is 52.2 Å². The van der Waals surface area contributed by atoms with Crippen LogP contribution in [0.25, 0.3) is 0 Å². The summed E-state index contributed by atoms with van der Waals surface area (Å²) in [6.07, 6.45) is 6.68. The molecule has 0 aromatic carbocycles. The molecule has 0 aliphatic rings. The molecule has 0 aromatic heterocycles. The molecule has 0 amide bonds. The van der Waals surface area contributed by atoms with Gasteiger partial charge >= 0.3 is 0 Å². The van der Waals surface area contributed by atoms with E-state index in [1.54, 1.807) is 0 Å². The summed E-state index contributed by atoms with van der Waals surface area (Å²) < 4.78 is 5.37. The number of unbranched alkanes of at least 4 members (excludes halogenated alkanes) is 2. The van der Waals surface area contributed by atoms with Gasteiger partial charge in [0.05, 0.1) is 6.61 Å². The van der Waals surface area contributed by atoms with Crippen LogP contribution < -0.4 is 0 Å². The lowest BCUT2D eigenvalue weighted by molar-refractivity contribution is 0.102. The normalized spacial score (nSPS) is 12.1. The Kier molecular flexibility index (Phi) is 26.8. The van der Waals surface area contributed by atoms with Gasteiger partial charge in [0, 0.05) is 18.6 Å². The van der Waals surface area contributed by atoms with Crippen molar-refractivity contribution in [2.75, 3.05) is 19.8 Å². The summed E-state index contributed by atoms with van der Waals surface area (Å²) in [6.45, 7) is 16.1. The molecule has 0 rings (SSSR count). The Morgan fingerprint density at radius 1 is 1.05 bits per heavy atom. The zero-order valence-electron chi connectivity index (χ0n) is 14.9. The fourth-order valence-corrected chi connectivity index (χ4v) is 2.22. The van der Waals surface area contributed by atoms with Crippen LogP contribution >= 0.6 is 0 Å². The zero-order chi connectivity index (χ0) is 15.1. The predicted molar refractivity (Wildman–Crippen MR) is 92.8 cm³/mol. The zero-order valence-corrected chi connectivity index (χ0v) is 14.9. The standard InChI is InChI=1S/C15H30O2.C2H6.2H2O/c1-5-7-8-10-15(13-16,14(3)4)11-9-12-17-6-2;1-2;;/h16H,3,5-13H2,1-2,4H3;1-2H3;2*1H2. The molecule has 5 N–H and O–H groups in total. The Labute approximate surface area is 132 Å². The molecule has 132 valence electrons. The maximum atomic E-state index is 9.70. The Bertz CT molecular complexity index is 207. The number of rotatable bonds is 11. The van der Waals surface area contributed by atoms with Crippen LogP contribution in [-0.2, 0) is 4.74 Å². The van der Waals surface area contributed by atoms with Crippen LogP contribution in [0.15, 0.2) is 12.2 Å². The highest BCUT2D eigenvalue weighted by atomic mass is 16.5. The van der Waals surface area contributed by atoms with Crippen LogP contribution in [0.4, 0.5) is 0 Å². The molecule has 0 fully saturated rings. The van der Waals surface area contributed by atoms with Crippen molar-refractivity contribution in [3.05, 3.63) is 12.2 Å². The Balaban J connectivity index is -0.000000344. The van der Waals surface area contributed by atoms with E-state index in [-0.39, 0.29) is 23.0 Å². The quantitative estimate of drug-likeness (QED) is 0.468. The van der Waals surface area contributed by atoms with E-state index in [0.29, 0.717) is 0 Å². The van der Waals surface area contributed by atoms with Crippen molar-refractivity contribution in [1.82, 2.24) is 0 Å². The van der Waals surface area contributed by atoms with Gasteiger partial charge in [0.2, 0.25) is 0 Å². The van der Waals surface area contributed by atoms with Gasteiger partial charge in [0.25, 0.3) is 0 Å². The molecule has 0 aliphatic carbocycles. The van der Waals surface area contributed by atoms with Crippen LogP contribution in [0.5, 0.6) is 0 Å². The van der Waals surface area contributed by atoms with E-state index in [9.17, 15) is 5.11 Å². The lowest BCUT2D eigenvalue weighted by Crippen LogP contribution is -2.27. The maximum absolute atomic E-state index is 9.70. The summed E-state index contributed by atoms with van der Waals surface area (Å²) in [5, 5.41) is 9.70. The molecule has 0 saturated heterocycles. The summed E-state index contributed by atoms with van der Waals surface area (Å²) in [7, 11) is 0. The Hall–Kier alpha value is -0.420. The fraction of sp³-hybridized carbons (Fsp3) is 0.882. The molecule has 0 heterocycles. The van der Waals surface area contributed by atoms with Crippen LogP contribution in [0.2, 0.25) is 0 Å². The highest BCUT2D eigenvalue weighted by molar-refractivity contribution is 5.07. The third-order valence-corrected chi connectivity index (χ3v) is 3.62. The first kappa shape index (κ1) is 28.7. The van der Waals surface area contributed by atoms with Gasteiger partial charge in [0.1, 0.15) is 0 Å². The Morgan fingerprint density at radius 3 is 1.95 bits per heavy atom. The second-order valence-corrected chi connectivity index (χ2v) is 4.98. The molecule has 0 aromatic rings. The number of hydrogen-bond acceptors (Lipinski definition) is 2. The summed E-state index contributed by atoms with van der Waals surface area (Å²) in [6, 6.07) is 0. The van der Waals surface area contributed by atoms with Crippen LogP contribution in [-0.4, -0.2) is 35.9 Å². The van der Waals surface area contributed by atoms with Crippen LogP contribution in [0, 0.1) is 5.41 Å². The van der Waals surface area contributed by atoms with Crippen molar-refractivity contribution in [2.24, 2.45) is 5.41 Å². The third kappa shape index (κ3) is 13.0. The minimum absolute atomic E-state index is 0. The molecule has 21 heavy (non-hydrogen) atoms. The van der Waals surface area contributed by atoms with Gasteiger partial charge in [0.15, 0.2) is 0 Å². The molecule has 0 saturated carbocycles. The van der Waals surface area contributed by atoms with Crippen molar-refractivity contribution < 1.29 is 20.8 Å². The highest BCUT2D eigenvalue weighted by Crippen LogP contribution is 2.36. The molecule has 0 radical (unpaired) electrons. The summed E-state index contributed by atoms with van der Waals surface area (Å²) in [4.78, 5) is 0. The van der Waals surface area contributed by atoms with E-state index in [4.69, 9.17) is 4.74 Å². The lowest BCUT2D eigenvalue weighted by atomic mass is 9.74. The van der Waals surface area contributed by atoms with E-state index in [1.807, 2.05) is 27.7 Å². The topological polar surface area (TPSA) is 92.5 Å². The summed E-state index contributed by atoms with van der Waals surface area (Å²) >= 11 is 0. The molecule has 1 atom stereocenters. The number of ether oxygens (including phenoxy) is 1. The van der Waals surface area contributed by atoms with Gasteiger partial charge in [-0.25, -0.2) is 0 Å². The largest absolute Gasteiger partial charge is 0.412 e. The van der Waals surface area contributed by atoms with Gasteiger partial charge in [-0.2, -0.15) is 0 Å². The monoisotopic (exact) mass is 308 g/mol. The number of aliphatic hydroxyl groups excluding tert-OH is 1. The number of aliphatic hydroxyl groups is 1. The second-order valence-electron chi connectivity index (χ2n) is 4.98.